The number of aliphatic carboxylic acids is 1. The topological polar surface area (TPSA) is 86.7 Å². The zero-order chi connectivity index (χ0) is 16.9. The van der Waals surface area contributed by atoms with Gasteiger partial charge >= 0.3 is 5.97 Å². The van der Waals surface area contributed by atoms with E-state index in [-0.39, 0.29) is 23.7 Å². The second-order valence-corrected chi connectivity index (χ2v) is 6.41. The number of nitrogens with one attached hydrogen (secondary N) is 1. The molecule has 0 spiro atoms. The summed E-state index contributed by atoms with van der Waals surface area (Å²) in [6.45, 7) is 8.17. The summed E-state index contributed by atoms with van der Waals surface area (Å²) < 4.78 is 0. The van der Waals surface area contributed by atoms with E-state index in [9.17, 15) is 19.5 Å². The summed E-state index contributed by atoms with van der Waals surface area (Å²) in [7, 11) is 0. The maximum Gasteiger partial charge on any atom is 0.329 e. The van der Waals surface area contributed by atoms with E-state index in [2.05, 4.69) is 5.32 Å². The molecule has 6 heteroatoms. The quantitative estimate of drug-likeness (QED) is 0.780. The Labute approximate surface area is 132 Å². The van der Waals surface area contributed by atoms with Gasteiger partial charge in [0, 0.05) is 19.0 Å². The lowest BCUT2D eigenvalue weighted by Crippen LogP contribution is -2.55. The molecule has 3 unspecified atom stereocenters. The molecule has 0 radical (unpaired) electrons. The third kappa shape index (κ3) is 4.21. The predicted octanol–water partition coefficient (Wildman–Crippen LogP) is 1.64. The van der Waals surface area contributed by atoms with Crippen LogP contribution in [0.4, 0.5) is 0 Å². The van der Waals surface area contributed by atoms with Crippen molar-refractivity contribution < 1.29 is 19.5 Å². The Kier molecular flexibility index (Phi) is 6.38. The molecule has 2 N–H and O–H groups in total. The summed E-state index contributed by atoms with van der Waals surface area (Å²) in [6, 6.07) is 0. The second-order valence-electron chi connectivity index (χ2n) is 6.41. The fraction of sp³-hybridized carbons (Fsp3) is 0.812. The minimum atomic E-state index is -1.25. The molecule has 1 heterocycles. The highest BCUT2D eigenvalue weighted by atomic mass is 16.4. The summed E-state index contributed by atoms with van der Waals surface area (Å²) in [5, 5.41) is 11.9. The van der Waals surface area contributed by atoms with Crippen molar-refractivity contribution >= 4 is 17.8 Å². The van der Waals surface area contributed by atoms with Crippen LogP contribution < -0.4 is 5.32 Å². The molecule has 0 aromatic rings. The van der Waals surface area contributed by atoms with Gasteiger partial charge in [-0.3, -0.25) is 9.59 Å². The molecule has 2 amide bonds. The Morgan fingerprint density at radius 3 is 2.50 bits per heavy atom. The maximum atomic E-state index is 12.4. The van der Waals surface area contributed by atoms with Crippen LogP contribution in [-0.2, 0) is 14.4 Å². The van der Waals surface area contributed by atoms with Crippen LogP contribution in [0.25, 0.3) is 0 Å². The van der Waals surface area contributed by atoms with E-state index in [1.165, 1.54) is 6.92 Å². The molecule has 1 fully saturated rings. The average Bonchev–Trinajstić information content (AvgIpc) is 2.52. The van der Waals surface area contributed by atoms with Crippen molar-refractivity contribution in [2.24, 2.45) is 11.8 Å². The molecular weight excluding hydrogens is 284 g/mol. The molecule has 0 bridgehead atoms. The number of piperidine rings is 1. The van der Waals surface area contributed by atoms with Crippen LogP contribution in [0.1, 0.15) is 53.4 Å². The van der Waals surface area contributed by atoms with Gasteiger partial charge in [-0.25, -0.2) is 4.79 Å². The van der Waals surface area contributed by atoms with Gasteiger partial charge in [-0.1, -0.05) is 20.8 Å². The Bertz CT molecular complexity index is 438. The number of hydrogen-bond acceptors (Lipinski definition) is 3. The zero-order valence-corrected chi connectivity index (χ0v) is 14.0. The largest absolute Gasteiger partial charge is 0.480 e. The molecule has 0 saturated carbocycles. The number of carbonyl (C=O) groups is 3. The summed E-state index contributed by atoms with van der Waals surface area (Å²) in [5.74, 6) is -1.59. The molecular formula is C16H28N2O4. The Morgan fingerprint density at radius 1 is 1.36 bits per heavy atom. The lowest BCUT2D eigenvalue weighted by Gasteiger charge is -2.35. The normalized spacial score (nSPS) is 22.5. The third-order valence-electron chi connectivity index (χ3n) is 4.72. The van der Waals surface area contributed by atoms with Crippen molar-refractivity contribution in [1.82, 2.24) is 10.2 Å². The van der Waals surface area contributed by atoms with Crippen LogP contribution in [0.2, 0.25) is 0 Å². The van der Waals surface area contributed by atoms with Crippen molar-refractivity contribution in [3.05, 3.63) is 0 Å². The number of rotatable bonds is 6. The van der Waals surface area contributed by atoms with Crippen molar-refractivity contribution in [2.75, 3.05) is 13.1 Å². The van der Waals surface area contributed by atoms with Gasteiger partial charge in [0.05, 0.1) is 5.92 Å². The van der Waals surface area contributed by atoms with Crippen LogP contribution in [0.3, 0.4) is 0 Å². The first-order chi connectivity index (χ1) is 10.2. The monoisotopic (exact) mass is 312 g/mol. The van der Waals surface area contributed by atoms with E-state index in [1.54, 1.807) is 11.8 Å². The molecule has 0 aliphatic carbocycles. The van der Waals surface area contributed by atoms with Crippen molar-refractivity contribution in [3.63, 3.8) is 0 Å². The van der Waals surface area contributed by atoms with E-state index in [4.69, 9.17) is 0 Å². The van der Waals surface area contributed by atoms with Crippen LogP contribution in [0.15, 0.2) is 0 Å². The Morgan fingerprint density at radius 2 is 2.00 bits per heavy atom. The number of amides is 2. The average molecular weight is 312 g/mol. The van der Waals surface area contributed by atoms with Crippen LogP contribution in [-0.4, -0.2) is 46.4 Å². The summed E-state index contributed by atoms with van der Waals surface area (Å²) in [6.07, 6.45) is 2.56. The minimum absolute atomic E-state index is 0.0401. The highest BCUT2D eigenvalue weighted by Gasteiger charge is 2.37. The SMILES string of the molecule is CCC(C)C(=O)N1CCCC(C(=O)NC(C)(CC)C(=O)O)C1. The molecule has 3 atom stereocenters. The lowest BCUT2D eigenvalue weighted by atomic mass is 9.92. The molecule has 1 saturated heterocycles. The smallest absolute Gasteiger partial charge is 0.329 e. The van der Waals surface area contributed by atoms with Crippen molar-refractivity contribution in [3.8, 4) is 0 Å². The second kappa shape index (κ2) is 7.61. The molecule has 0 aromatic heterocycles. The predicted molar refractivity (Wildman–Crippen MR) is 83.2 cm³/mol. The first-order valence-corrected chi connectivity index (χ1v) is 8.09. The third-order valence-corrected chi connectivity index (χ3v) is 4.72. The molecule has 1 rings (SSSR count). The number of carboxylic acid groups (broad SMARTS) is 1. The van der Waals surface area contributed by atoms with Crippen LogP contribution >= 0.6 is 0 Å². The van der Waals surface area contributed by atoms with Gasteiger partial charge in [0.25, 0.3) is 0 Å². The number of carbonyl (C=O) groups excluding carboxylic acids is 2. The fourth-order valence-corrected chi connectivity index (χ4v) is 2.54. The molecule has 126 valence electrons. The van der Waals surface area contributed by atoms with Gasteiger partial charge in [0.15, 0.2) is 0 Å². The molecule has 1 aliphatic heterocycles. The summed E-state index contributed by atoms with van der Waals surface area (Å²) >= 11 is 0. The van der Waals surface area contributed by atoms with Gasteiger partial charge in [0.1, 0.15) is 5.54 Å². The maximum absolute atomic E-state index is 12.4. The van der Waals surface area contributed by atoms with Crippen molar-refractivity contribution in [2.45, 2.75) is 58.9 Å². The van der Waals surface area contributed by atoms with E-state index in [0.717, 1.165) is 12.8 Å². The van der Waals surface area contributed by atoms with Crippen LogP contribution in [0, 0.1) is 11.8 Å². The highest BCUT2D eigenvalue weighted by molar-refractivity contribution is 5.88. The molecule has 6 nitrogen and oxygen atoms in total. The van der Waals surface area contributed by atoms with Gasteiger partial charge in [-0.15, -0.1) is 0 Å². The van der Waals surface area contributed by atoms with E-state index in [0.29, 0.717) is 25.9 Å². The Balaban J connectivity index is 2.70. The number of nitrogens with zero attached hydrogens (tertiary/aromatic N) is 1. The minimum Gasteiger partial charge on any atom is -0.480 e. The van der Waals surface area contributed by atoms with E-state index >= 15 is 0 Å². The fourth-order valence-electron chi connectivity index (χ4n) is 2.54. The number of likely N-dealkylation sites (tertiary alicyclic amines) is 1. The molecule has 0 aromatic carbocycles. The molecule has 1 aliphatic rings. The van der Waals surface area contributed by atoms with Gasteiger partial charge < -0.3 is 15.3 Å². The summed E-state index contributed by atoms with van der Waals surface area (Å²) in [5.41, 5.74) is -1.25. The van der Waals surface area contributed by atoms with E-state index < -0.39 is 11.5 Å². The van der Waals surface area contributed by atoms with Gasteiger partial charge in [0.2, 0.25) is 11.8 Å². The zero-order valence-electron chi connectivity index (χ0n) is 14.0. The Hall–Kier alpha value is -1.59. The number of hydrogen-bond donors (Lipinski definition) is 2. The van der Waals surface area contributed by atoms with Crippen molar-refractivity contribution in [1.29, 1.82) is 0 Å². The van der Waals surface area contributed by atoms with Gasteiger partial charge in [-0.05, 0) is 32.6 Å². The van der Waals surface area contributed by atoms with Gasteiger partial charge in [-0.2, -0.15) is 0 Å². The molecule has 22 heavy (non-hydrogen) atoms. The summed E-state index contributed by atoms with van der Waals surface area (Å²) in [4.78, 5) is 37.7. The first-order valence-electron chi connectivity index (χ1n) is 8.09. The number of carboxylic acids is 1. The van der Waals surface area contributed by atoms with E-state index in [1.807, 2.05) is 13.8 Å². The first kappa shape index (κ1) is 18.5. The standard InChI is InChI=1S/C16H28N2O4/c1-5-11(3)14(20)18-9-7-8-12(10-18)13(19)17-16(4,6-2)15(21)22/h11-12H,5-10H2,1-4H3,(H,17,19)(H,21,22). The lowest BCUT2D eigenvalue weighted by molar-refractivity contribution is -0.149. The van der Waals surface area contributed by atoms with Crippen LogP contribution in [0.5, 0.6) is 0 Å². The highest BCUT2D eigenvalue weighted by Crippen LogP contribution is 2.21.